The second kappa shape index (κ2) is 8.21. The van der Waals surface area contributed by atoms with E-state index in [0.29, 0.717) is 23.7 Å². The van der Waals surface area contributed by atoms with Crippen molar-refractivity contribution in [2.45, 2.75) is 12.6 Å². The Labute approximate surface area is 178 Å². The Bertz CT molecular complexity index is 1020. The highest BCUT2D eigenvalue weighted by molar-refractivity contribution is 9.10. The number of fused-ring (bicyclic) bond motifs is 1. The Hall–Kier alpha value is -2.93. The number of methoxy groups -OCH3 is 2. The summed E-state index contributed by atoms with van der Waals surface area (Å²) in [7, 11) is 3.17. The summed E-state index contributed by atoms with van der Waals surface area (Å²) in [5.41, 5.74) is 2.76. The Morgan fingerprint density at radius 1 is 1.07 bits per heavy atom. The maximum Gasteiger partial charge on any atom is 0.322 e. The minimum atomic E-state index is -0.172. The van der Waals surface area contributed by atoms with Crippen LogP contribution in [0.15, 0.2) is 65.3 Å². The third-order valence-electron chi connectivity index (χ3n) is 5.14. The lowest BCUT2D eigenvalue weighted by molar-refractivity contribution is 0.181. The first-order valence-corrected chi connectivity index (χ1v) is 10.1. The number of carbonyl (C=O) groups is 1. The first-order valence-electron chi connectivity index (χ1n) is 9.31. The number of halogens is 1. The number of nitrogens with one attached hydrogen (secondary N) is 1. The molecule has 29 heavy (non-hydrogen) atoms. The molecule has 2 aromatic carbocycles. The molecule has 1 aromatic heterocycles. The van der Waals surface area contributed by atoms with Crippen molar-refractivity contribution in [3.63, 3.8) is 0 Å². The SMILES string of the molecule is COc1ccc(NC(=O)N2CCn3cccc3[C@H]2c2ccc(Br)cc2)c(OC)c1. The number of benzene rings is 2. The molecular formula is C22H22BrN3O3. The maximum absolute atomic E-state index is 13.3. The lowest BCUT2D eigenvalue weighted by atomic mass is 10.0. The molecule has 2 amide bonds. The molecule has 4 rings (SSSR count). The molecule has 0 fully saturated rings. The quantitative estimate of drug-likeness (QED) is 0.608. The van der Waals surface area contributed by atoms with Gasteiger partial charge in [0.05, 0.1) is 25.9 Å². The Morgan fingerprint density at radius 2 is 1.86 bits per heavy atom. The second-order valence-corrected chi connectivity index (χ2v) is 7.69. The van der Waals surface area contributed by atoms with Gasteiger partial charge in [0.15, 0.2) is 0 Å². The molecule has 150 valence electrons. The fourth-order valence-corrected chi connectivity index (χ4v) is 3.95. The molecule has 1 atom stereocenters. The van der Waals surface area contributed by atoms with Crippen molar-refractivity contribution in [2.75, 3.05) is 26.1 Å². The van der Waals surface area contributed by atoms with Crippen molar-refractivity contribution in [2.24, 2.45) is 0 Å². The van der Waals surface area contributed by atoms with Crippen molar-refractivity contribution in [1.29, 1.82) is 0 Å². The summed E-state index contributed by atoms with van der Waals surface area (Å²) < 4.78 is 13.9. The van der Waals surface area contributed by atoms with Gasteiger partial charge in [0.2, 0.25) is 0 Å². The van der Waals surface area contributed by atoms with E-state index in [1.165, 1.54) is 0 Å². The van der Waals surface area contributed by atoms with E-state index < -0.39 is 0 Å². The van der Waals surface area contributed by atoms with Crippen molar-refractivity contribution < 1.29 is 14.3 Å². The smallest absolute Gasteiger partial charge is 0.322 e. The summed E-state index contributed by atoms with van der Waals surface area (Å²) in [5.74, 6) is 1.22. The van der Waals surface area contributed by atoms with Gasteiger partial charge in [0, 0.05) is 35.5 Å². The van der Waals surface area contributed by atoms with Crippen LogP contribution in [-0.2, 0) is 6.54 Å². The van der Waals surface area contributed by atoms with E-state index in [1.54, 1.807) is 32.4 Å². The molecule has 1 aliphatic rings. The van der Waals surface area contributed by atoms with Crippen LogP contribution in [0.3, 0.4) is 0 Å². The lowest BCUT2D eigenvalue weighted by Crippen LogP contribution is -2.44. The van der Waals surface area contributed by atoms with E-state index in [1.807, 2.05) is 35.2 Å². The van der Waals surface area contributed by atoms with Crippen molar-refractivity contribution in [1.82, 2.24) is 9.47 Å². The molecule has 7 heteroatoms. The molecule has 6 nitrogen and oxygen atoms in total. The van der Waals surface area contributed by atoms with Gasteiger partial charge < -0.3 is 24.3 Å². The predicted molar refractivity (Wildman–Crippen MR) is 116 cm³/mol. The number of carbonyl (C=O) groups excluding carboxylic acids is 1. The van der Waals surface area contributed by atoms with E-state index in [0.717, 1.165) is 22.3 Å². The van der Waals surface area contributed by atoms with Crippen LogP contribution in [0.1, 0.15) is 17.3 Å². The number of hydrogen-bond acceptors (Lipinski definition) is 3. The van der Waals surface area contributed by atoms with Gasteiger partial charge in [-0.15, -0.1) is 0 Å². The molecule has 1 N–H and O–H groups in total. The molecule has 0 bridgehead atoms. The van der Waals surface area contributed by atoms with Gasteiger partial charge in [-0.1, -0.05) is 28.1 Å². The summed E-state index contributed by atoms with van der Waals surface area (Å²) in [4.78, 5) is 15.1. The minimum Gasteiger partial charge on any atom is -0.497 e. The molecule has 0 radical (unpaired) electrons. The van der Waals surface area contributed by atoms with Gasteiger partial charge in [-0.2, -0.15) is 0 Å². The van der Waals surface area contributed by atoms with Crippen LogP contribution in [0.5, 0.6) is 11.5 Å². The highest BCUT2D eigenvalue weighted by Crippen LogP contribution is 2.35. The second-order valence-electron chi connectivity index (χ2n) is 6.77. The zero-order valence-corrected chi connectivity index (χ0v) is 17.8. The monoisotopic (exact) mass is 455 g/mol. The molecule has 2 heterocycles. The largest absolute Gasteiger partial charge is 0.497 e. The van der Waals surface area contributed by atoms with Crippen LogP contribution >= 0.6 is 15.9 Å². The third-order valence-corrected chi connectivity index (χ3v) is 5.66. The summed E-state index contributed by atoms with van der Waals surface area (Å²) in [5, 5.41) is 3.00. The van der Waals surface area contributed by atoms with Crippen LogP contribution < -0.4 is 14.8 Å². The number of urea groups is 1. The topological polar surface area (TPSA) is 55.7 Å². The summed E-state index contributed by atoms with van der Waals surface area (Å²) in [6.45, 7) is 1.36. The zero-order valence-electron chi connectivity index (χ0n) is 16.3. The number of aromatic nitrogens is 1. The lowest BCUT2D eigenvalue weighted by Gasteiger charge is -2.37. The van der Waals surface area contributed by atoms with Crippen molar-refractivity contribution in [3.8, 4) is 11.5 Å². The first-order chi connectivity index (χ1) is 14.1. The standard InChI is InChI=1S/C22H22BrN3O3/c1-28-17-9-10-18(20(14-17)29-2)24-22(27)26-13-12-25-11-3-4-19(25)21(26)15-5-7-16(23)8-6-15/h3-11,14,21H,12-13H2,1-2H3,(H,24,27)/t21-/m1/s1. The number of rotatable bonds is 4. The summed E-state index contributed by atoms with van der Waals surface area (Å²) in [6.07, 6.45) is 2.06. The summed E-state index contributed by atoms with van der Waals surface area (Å²) in [6, 6.07) is 17.2. The molecule has 3 aromatic rings. The number of ether oxygens (including phenoxy) is 2. The fourth-order valence-electron chi connectivity index (χ4n) is 3.69. The van der Waals surface area contributed by atoms with Gasteiger partial charge in [-0.3, -0.25) is 0 Å². The predicted octanol–water partition coefficient (Wildman–Crippen LogP) is 4.90. The van der Waals surface area contributed by atoms with Gasteiger partial charge >= 0.3 is 6.03 Å². The van der Waals surface area contributed by atoms with E-state index in [9.17, 15) is 4.79 Å². The van der Waals surface area contributed by atoms with Crippen LogP contribution in [0.25, 0.3) is 0 Å². The Balaban J connectivity index is 1.66. The number of hydrogen-bond donors (Lipinski definition) is 1. The highest BCUT2D eigenvalue weighted by atomic mass is 79.9. The van der Waals surface area contributed by atoms with Gasteiger partial charge in [-0.25, -0.2) is 4.79 Å². The molecule has 1 aliphatic heterocycles. The molecular weight excluding hydrogens is 434 g/mol. The summed E-state index contributed by atoms with van der Waals surface area (Å²) >= 11 is 3.49. The molecule has 0 saturated heterocycles. The van der Waals surface area contributed by atoms with Gasteiger partial charge in [-0.05, 0) is 42.0 Å². The fraction of sp³-hybridized carbons (Fsp3) is 0.227. The maximum atomic E-state index is 13.3. The number of nitrogens with zero attached hydrogens (tertiary/aromatic N) is 2. The molecule has 0 aliphatic carbocycles. The van der Waals surface area contributed by atoms with Crippen LogP contribution in [0.2, 0.25) is 0 Å². The van der Waals surface area contributed by atoms with Crippen LogP contribution in [-0.4, -0.2) is 36.3 Å². The molecule has 0 spiro atoms. The Kier molecular flexibility index (Phi) is 5.49. The van der Waals surface area contributed by atoms with E-state index in [-0.39, 0.29) is 12.1 Å². The minimum absolute atomic E-state index is 0.170. The normalized spacial score (nSPS) is 15.6. The third kappa shape index (κ3) is 3.82. The average Bonchev–Trinajstić information content (AvgIpc) is 3.23. The van der Waals surface area contributed by atoms with E-state index in [4.69, 9.17) is 9.47 Å². The zero-order chi connectivity index (χ0) is 20.4. The average molecular weight is 456 g/mol. The Morgan fingerprint density at radius 3 is 2.59 bits per heavy atom. The first kappa shape index (κ1) is 19.4. The number of anilines is 1. The molecule has 0 unspecified atom stereocenters. The number of amides is 2. The van der Waals surface area contributed by atoms with Crippen molar-refractivity contribution >= 4 is 27.6 Å². The van der Waals surface area contributed by atoms with Crippen LogP contribution in [0.4, 0.5) is 10.5 Å². The highest BCUT2D eigenvalue weighted by Gasteiger charge is 2.32. The van der Waals surface area contributed by atoms with Gasteiger partial charge in [0.25, 0.3) is 0 Å². The van der Waals surface area contributed by atoms with E-state index >= 15 is 0 Å². The molecule has 0 saturated carbocycles. The van der Waals surface area contributed by atoms with Gasteiger partial charge in [0.1, 0.15) is 11.5 Å². The van der Waals surface area contributed by atoms with Crippen LogP contribution in [0, 0.1) is 0 Å². The van der Waals surface area contributed by atoms with E-state index in [2.05, 4.69) is 38.1 Å². The van der Waals surface area contributed by atoms with Crippen molar-refractivity contribution in [3.05, 3.63) is 76.5 Å².